The molecule has 9 heteroatoms. The monoisotopic (exact) mass is 408 g/mol. The van der Waals surface area contributed by atoms with Crippen LogP contribution in [0.25, 0.3) is 0 Å². The van der Waals surface area contributed by atoms with Crippen molar-refractivity contribution >= 4 is 5.97 Å². The molecule has 1 saturated heterocycles. The van der Waals surface area contributed by atoms with E-state index in [2.05, 4.69) is 0 Å². The summed E-state index contributed by atoms with van der Waals surface area (Å²) >= 11 is 0. The maximum absolute atomic E-state index is 14.3. The lowest BCUT2D eigenvalue weighted by atomic mass is 9.78. The van der Waals surface area contributed by atoms with Crippen LogP contribution < -0.4 is 4.74 Å². The minimum atomic E-state index is -4.78. The molecule has 1 N–H and O–H groups in total. The van der Waals surface area contributed by atoms with Crippen molar-refractivity contribution in [2.75, 3.05) is 0 Å². The summed E-state index contributed by atoms with van der Waals surface area (Å²) in [6, 6.07) is 2.08. The van der Waals surface area contributed by atoms with Crippen LogP contribution in [0.4, 0.5) is 22.0 Å². The summed E-state index contributed by atoms with van der Waals surface area (Å²) in [4.78, 5) is 11.5. The van der Waals surface area contributed by atoms with Gasteiger partial charge < -0.3 is 14.6 Å². The van der Waals surface area contributed by atoms with E-state index in [0.29, 0.717) is 12.8 Å². The smallest absolute Gasteiger partial charge is 0.417 e. The summed E-state index contributed by atoms with van der Waals surface area (Å²) in [7, 11) is 0. The van der Waals surface area contributed by atoms with Crippen LogP contribution in [0.2, 0.25) is 0 Å². The van der Waals surface area contributed by atoms with Crippen LogP contribution in [0.3, 0.4) is 0 Å². The standard InChI is InChI=1S/C19H21F5O4/c1-9-12(16(17(25)26)28-18(9,2)19(22,23)24)8-10-6-7-13(20)14(21)15(10)27-11-4-3-5-11/h6-7,9,11-12,16H,3-5,8H2,1-2H3,(H,25,26)/t9-,12-,16+,18+/m0/s1. The van der Waals surface area contributed by atoms with Gasteiger partial charge in [-0.05, 0) is 50.2 Å². The number of halogens is 5. The van der Waals surface area contributed by atoms with Gasteiger partial charge in [0.05, 0.1) is 6.10 Å². The minimum Gasteiger partial charge on any atom is -0.487 e. The molecule has 0 unspecified atom stereocenters. The Kier molecular flexibility index (Phi) is 5.33. The fourth-order valence-corrected chi connectivity index (χ4v) is 3.74. The lowest BCUT2D eigenvalue weighted by Gasteiger charge is -2.32. The van der Waals surface area contributed by atoms with Gasteiger partial charge in [0.2, 0.25) is 5.82 Å². The second kappa shape index (κ2) is 7.17. The van der Waals surface area contributed by atoms with Crippen molar-refractivity contribution in [3.63, 3.8) is 0 Å². The van der Waals surface area contributed by atoms with Gasteiger partial charge in [-0.2, -0.15) is 17.6 Å². The van der Waals surface area contributed by atoms with Gasteiger partial charge in [0.15, 0.2) is 23.3 Å². The van der Waals surface area contributed by atoms with E-state index >= 15 is 0 Å². The van der Waals surface area contributed by atoms with Gasteiger partial charge in [-0.3, -0.25) is 0 Å². The van der Waals surface area contributed by atoms with Crippen molar-refractivity contribution in [3.05, 3.63) is 29.3 Å². The summed E-state index contributed by atoms with van der Waals surface area (Å²) in [6.07, 6.45) is -4.83. The van der Waals surface area contributed by atoms with Gasteiger partial charge in [-0.1, -0.05) is 13.0 Å². The molecule has 1 aliphatic heterocycles. The average molecular weight is 408 g/mol. The first-order valence-corrected chi connectivity index (χ1v) is 9.06. The highest BCUT2D eigenvalue weighted by molar-refractivity contribution is 5.73. The van der Waals surface area contributed by atoms with Crippen LogP contribution in [-0.2, 0) is 16.0 Å². The van der Waals surface area contributed by atoms with E-state index in [-0.39, 0.29) is 23.8 Å². The maximum Gasteiger partial charge on any atom is 0.417 e. The largest absolute Gasteiger partial charge is 0.487 e. The first-order valence-electron chi connectivity index (χ1n) is 9.06. The number of alkyl halides is 3. The van der Waals surface area contributed by atoms with E-state index in [0.717, 1.165) is 19.4 Å². The van der Waals surface area contributed by atoms with Crippen LogP contribution in [0.5, 0.6) is 5.75 Å². The highest BCUT2D eigenvalue weighted by Gasteiger charge is 2.65. The van der Waals surface area contributed by atoms with Crippen LogP contribution in [0.15, 0.2) is 12.1 Å². The number of carboxylic acid groups (broad SMARTS) is 1. The van der Waals surface area contributed by atoms with Crippen LogP contribution in [0, 0.1) is 23.5 Å². The lowest BCUT2D eigenvalue weighted by molar-refractivity contribution is -0.273. The third-order valence-corrected chi connectivity index (χ3v) is 6.00. The summed E-state index contributed by atoms with van der Waals surface area (Å²) in [5, 5.41) is 9.38. The third kappa shape index (κ3) is 3.44. The molecule has 28 heavy (non-hydrogen) atoms. The highest BCUT2D eigenvalue weighted by Crippen LogP contribution is 2.51. The molecule has 0 radical (unpaired) electrons. The van der Waals surface area contributed by atoms with E-state index in [9.17, 15) is 31.9 Å². The van der Waals surface area contributed by atoms with Gasteiger partial charge in [-0.15, -0.1) is 0 Å². The molecule has 4 nitrogen and oxygen atoms in total. The van der Waals surface area contributed by atoms with E-state index in [4.69, 9.17) is 9.47 Å². The maximum atomic E-state index is 14.3. The average Bonchev–Trinajstić information content (AvgIpc) is 2.82. The van der Waals surface area contributed by atoms with E-state index in [1.54, 1.807) is 0 Å². The highest BCUT2D eigenvalue weighted by atomic mass is 19.4. The van der Waals surface area contributed by atoms with Crippen molar-refractivity contribution in [2.24, 2.45) is 11.8 Å². The molecule has 1 heterocycles. The molecule has 1 saturated carbocycles. The molecule has 0 amide bonds. The zero-order chi connectivity index (χ0) is 20.9. The molecule has 4 atom stereocenters. The molecular formula is C19H21F5O4. The lowest BCUT2D eigenvalue weighted by Crippen LogP contribution is -2.47. The quantitative estimate of drug-likeness (QED) is 0.730. The summed E-state index contributed by atoms with van der Waals surface area (Å²) in [6.45, 7) is 2.07. The first-order chi connectivity index (χ1) is 13.0. The fraction of sp³-hybridized carbons (Fsp3) is 0.632. The Morgan fingerprint density at radius 2 is 1.96 bits per heavy atom. The molecule has 0 aromatic heterocycles. The predicted molar refractivity (Wildman–Crippen MR) is 88.0 cm³/mol. The molecule has 1 aliphatic carbocycles. The van der Waals surface area contributed by atoms with E-state index in [1.165, 1.54) is 13.0 Å². The Labute approximate surface area is 158 Å². The van der Waals surface area contributed by atoms with Crippen molar-refractivity contribution in [1.29, 1.82) is 0 Å². The van der Waals surface area contributed by atoms with Crippen molar-refractivity contribution in [3.8, 4) is 5.75 Å². The SMILES string of the molecule is C[C@H]1[C@H](Cc2ccc(F)c(F)c2OC2CCC2)[C@H](C(=O)O)O[C@@]1(C)C(F)(F)F. The van der Waals surface area contributed by atoms with Gasteiger partial charge in [-0.25, -0.2) is 9.18 Å². The Balaban J connectivity index is 1.95. The molecule has 1 aromatic carbocycles. The van der Waals surface area contributed by atoms with Crippen molar-refractivity contribution in [1.82, 2.24) is 0 Å². The van der Waals surface area contributed by atoms with Crippen LogP contribution >= 0.6 is 0 Å². The van der Waals surface area contributed by atoms with Crippen LogP contribution in [-0.4, -0.2) is 35.1 Å². The zero-order valence-electron chi connectivity index (χ0n) is 15.4. The Bertz CT molecular complexity index is 761. The van der Waals surface area contributed by atoms with Crippen molar-refractivity contribution in [2.45, 2.75) is 63.5 Å². The normalized spacial score (nSPS) is 30.9. The molecule has 1 aromatic rings. The van der Waals surface area contributed by atoms with Gasteiger partial charge in [0.1, 0.15) is 0 Å². The predicted octanol–water partition coefficient (Wildman–Crippen LogP) is 4.50. The van der Waals surface area contributed by atoms with Crippen LogP contribution in [0.1, 0.15) is 38.7 Å². The van der Waals surface area contributed by atoms with Gasteiger partial charge in [0, 0.05) is 5.92 Å². The number of ether oxygens (including phenoxy) is 2. The van der Waals surface area contributed by atoms with E-state index in [1.807, 2.05) is 0 Å². The third-order valence-electron chi connectivity index (χ3n) is 6.00. The summed E-state index contributed by atoms with van der Waals surface area (Å²) in [5.41, 5.74) is -2.53. The Morgan fingerprint density at radius 1 is 1.32 bits per heavy atom. The second-order valence-electron chi connectivity index (χ2n) is 7.66. The van der Waals surface area contributed by atoms with Gasteiger partial charge >= 0.3 is 12.1 Å². The molecule has 0 bridgehead atoms. The minimum absolute atomic E-state index is 0.129. The molecule has 2 aliphatic rings. The second-order valence-corrected chi connectivity index (χ2v) is 7.66. The topological polar surface area (TPSA) is 55.8 Å². The first kappa shape index (κ1) is 20.8. The van der Waals surface area contributed by atoms with Crippen molar-refractivity contribution < 1.29 is 41.3 Å². The molecule has 3 rings (SSSR count). The number of rotatable bonds is 5. The number of carboxylic acids is 1. The number of hydrogen-bond donors (Lipinski definition) is 1. The summed E-state index contributed by atoms with van der Waals surface area (Å²) in [5.74, 6) is -6.57. The number of benzene rings is 1. The molecule has 2 fully saturated rings. The number of aliphatic carboxylic acids is 1. The molecular weight excluding hydrogens is 387 g/mol. The molecule has 0 spiro atoms. The molecule has 156 valence electrons. The Morgan fingerprint density at radius 3 is 2.46 bits per heavy atom. The van der Waals surface area contributed by atoms with Gasteiger partial charge in [0.25, 0.3) is 0 Å². The fourth-order valence-electron chi connectivity index (χ4n) is 3.74. The zero-order valence-corrected chi connectivity index (χ0v) is 15.4. The number of hydrogen-bond acceptors (Lipinski definition) is 3. The van der Waals surface area contributed by atoms with E-state index < -0.39 is 47.3 Å². The number of carbonyl (C=O) groups is 1. The summed E-state index contributed by atoms with van der Waals surface area (Å²) < 4.78 is 79.0. The Hall–Kier alpha value is -1.90.